The Morgan fingerprint density at radius 1 is 1.43 bits per heavy atom. The number of nitrogens with one attached hydrogen (secondary N) is 2. The molecule has 3 N–H and O–H groups in total. The van der Waals surface area contributed by atoms with E-state index in [0.717, 1.165) is 4.88 Å². The number of rotatable bonds is 8. The normalized spacial score (nSPS) is 15.5. The van der Waals surface area contributed by atoms with Crippen molar-refractivity contribution in [2.24, 2.45) is 5.92 Å². The van der Waals surface area contributed by atoms with E-state index in [-0.39, 0.29) is 18.6 Å². The van der Waals surface area contributed by atoms with Crippen molar-refractivity contribution in [1.82, 2.24) is 10.6 Å². The highest BCUT2D eigenvalue weighted by Crippen LogP contribution is 2.24. The van der Waals surface area contributed by atoms with Gasteiger partial charge in [0.2, 0.25) is 0 Å². The molecule has 0 spiro atoms. The summed E-state index contributed by atoms with van der Waals surface area (Å²) in [5.41, 5.74) is -1.05. The summed E-state index contributed by atoms with van der Waals surface area (Å²) in [6.07, 6.45) is 0. The van der Waals surface area contributed by atoms with Crippen molar-refractivity contribution in [2.45, 2.75) is 39.3 Å². The largest absolute Gasteiger partial charge is 0.383 e. The van der Waals surface area contributed by atoms with Gasteiger partial charge >= 0.3 is 6.03 Å². The van der Waals surface area contributed by atoms with E-state index in [1.54, 1.807) is 6.92 Å². The summed E-state index contributed by atoms with van der Waals surface area (Å²) in [4.78, 5) is 12.6. The summed E-state index contributed by atoms with van der Waals surface area (Å²) in [7, 11) is 0. The van der Waals surface area contributed by atoms with Gasteiger partial charge in [0.15, 0.2) is 0 Å². The van der Waals surface area contributed by atoms with Crippen LogP contribution in [0.3, 0.4) is 0 Å². The molecule has 0 aliphatic rings. The van der Waals surface area contributed by atoms with Crippen molar-refractivity contribution in [3.63, 3.8) is 0 Å². The van der Waals surface area contributed by atoms with Gasteiger partial charge in [0, 0.05) is 11.5 Å². The number of aliphatic hydroxyl groups is 1. The summed E-state index contributed by atoms with van der Waals surface area (Å²) in [6.45, 7) is 9.06. The summed E-state index contributed by atoms with van der Waals surface area (Å²) in [5.74, 6) is 0.479. The standard InChI is InChI=1S/C15H26N2O3S/c1-11(2)8-20-9-12(3)17-14(18)16-10-15(4,19)13-6-5-7-21-13/h5-7,11-12,19H,8-10H2,1-4H3,(H2,16,17,18)/t12-,15-/m1/s1. The van der Waals surface area contributed by atoms with Crippen molar-refractivity contribution in [1.29, 1.82) is 0 Å². The maximum atomic E-state index is 11.8. The quantitative estimate of drug-likeness (QED) is 0.689. The van der Waals surface area contributed by atoms with Gasteiger partial charge in [-0.15, -0.1) is 11.3 Å². The van der Waals surface area contributed by atoms with Gasteiger partial charge in [-0.1, -0.05) is 19.9 Å². The molecule has 0 aromatic carbocycles. The topological polar surface area (TPSA) is 70.6 Å². The summed E-state index contributed by atoms with van der Waals surface area (Å²) in [6, 6.07) is 3.36. The number of amides is 2. The van der Waals surface area contributed by atoms with E-state index in [1.807, 2.05) is 24.4 Å². The van der Waals surface area contributed by atoms with Gasteiger partial charge < -0.3 is 20.5 Å². The Hall–Kier alpha value is -1.11. The van der Waals surface area contributed by atoms with Crippen LogP contribution < -0.4 is 10.6 Å². The highest BCUT2D eigenvalue weighted by atomic mass is 32.1. The fraction of sp³-hybridized carbons (Fsp3) is 0.667. The molecule has 5 nitrogen and oxygen atoms in total. The van der Waals surface area contributed by atoms with Crippen LogP contribution in [-0.4, -0.2) is 36.9 Å². The van der Waals surface area contributed by atoms with E-state index in [9.17, 15) is 9.90 Å². The zero-order valence-corrected chi connectivity index (χ0v) is 14.0. The predicted octanol–water partition coefficient (Wildman–Crippen LogP) is 2.32. The third-order valence-corrected chi connectivity index (χ3v) is 3.96. The molecular formula is C15H26N2O3S. The van der Waals surface area contributed by atoms with E-state index in [1.165, 1.54) is 11.3 Å². The first-order valence-electron chi connectivity index (χ1n) is 7.19. The number of ether oxygens (including phenoxy) is 1. The van der Waals surface area contributed by atoms with E-state index < -0.39 is 5.60 Å². The molecule has 1 aromatic heterocycles. The SMILES string of the molecule is CC(C)COC[C@@H](C)NC(=O)NC[C@@](C)(O)c1cccs1. The van der Waals surface area contributed by atoms with E-state index in [0.29, 0.717) is 19.1 Å². The molecule has 120 valence electrons. The first kappa shape index (κ1) is 17.9. The smallest absolute Gasteiger partial charge is 0.315 e. The monoisotopic (exact) mass is 314 g/mol. The number of hydrogen-bond acceptors (Lipinski definition) is 4. The predicted molar refractivity (Wildman–Crippen MR) is 85.5 cm³/mol. The van der Waals surface area contributed by atoms with Crippen LogP contribution in [-0.2, 0) is 10.3 Å². The Morgan fingerprint density at radius 3 is 2.71 bits per heavy atom. The van der Waals surface area contributed by atoms with Gasteiger partial charge in [-0.2, -0.15) is 0 Å². The van der Waals surface area contributed by atoms with Crippen molar-refractivity contribution in [3.8, 4) is 0 Å². The number of carbonyl (C=O) groups is 1. The first-order chi connectivity index (χ1) is 9.81. The number of thiophene rings is 1. The van der Waals surface area contributed by atoms with Gasteiger partial charge in [-0.05, 0) is 31.2 Å². The molecule has 1 heterocycles. The molecule has 0 saturated carbocycles. The van der Waals surface area contributed by atoms with Crippen molar-refractivity contribution >= 4 is 17.4 Å². The summed E-state index contributed by atoms with van der Waals surface area (Å²) in [5, 5.41) is 17.7. The molecule has 0 aliphatic carbocycles. The lowest BCUT2D eigenvalue weighted by Gasteiger charge is -2.23. The van der Waals surface area contributed by atoms with Crippen LogP contribution in [0.4, 0.5) is 4.79 Å². The second-order valence-corrected chi connectivity index (χ2v) is 6.86. The average Bonchev–Trinajstić information content (AvgIpc) is 2.90. The Bertz CT molecular complexity index is 419. The number of hydrogen-bond donors (Lipinski definition) is 3. The van der Waals surface area contributed by atoms with Crippen LogP contribution in [0.1, 0.15) is 32.6 Å². The van der Waals surface area contributed by atoms with Gasteiger partial charge in [-0.3, -0.25) is 0 Å². The molecule has 1 rings (SSSR count). The zero-order chi connectivity index (χ0) is 15.9. The lowest BCUT2D eigenvalue weighted by atomic mass is 10.1. The Morgan fingerprint density at radius 2 is 2.14 bits per heavy atom. The maximum absolute atomic E-state index is 11.8. The van der Waals surface area contributed by atoms with E-state index in [4.69, 9.17) is 4.74 Å². The molecule has 0 saturated heterocycles. The fourth-order valence-corrected chi connectivity index (χ4v) is 2.51. The number of carbonyl (C=O) groups excluding carboxylic acids is 1. The van der Waals surface area contributed by atoms with Crippen LogP contribution in [0.5, 0.6) is 0 Å². The third-order valence-electron chi connectivity index (χ3n) is 2.84. The molecular weight excluding hydrogens is 288 g/mol. The molecule has 2 amide bonds. The van der Waals surface area contributed by atoms with Crippen molar-refractivity contribution in [3.05, 3.63) is 22.4 Å². The third kappa shape index (κ3) is 6.93. The van der Waals surface area contributed by atoms with Crippen molar-refractivity contribution < 1.29 is 14.6 Å². The molecule has 21 heavy (non-hydrogen) atoms. The van der Waals surface area contributed by atoms with E-state index >= 15 is 0 Å². The molecule has 2 atom stereocenters. The first-order valence-corrected chi connectivity index (χ1v) is 8.07. The van der Waals surface area contributed by atoms with E-state index in [2.05, 4.69) is 24.5 Å². The lowest BCUT2D eigenvalue weighted by Crippen LogP contribution is -2.47. The zero-order valence-electron chi connectivity index (χ0n) is 13.2. The van der Waals surface area contributed by atoms with Crippen LogP contribution in [0.2, 0.25) is 0 Å². The van der Waals surface area contributed by atoms with Crippen molar-refractivity contribution in [2.75, 3.05) is 19.8 Å². The van der Waals surface area contributed by atoms with Gasteiger partial charge in [0.05, 0.1) is 19.2 Å². The van der Waals surface area contributed by atoms with Gasteiger partial charge in [0.25, 0.3) is 0 Å². The highest BCUT2D eigenvalue weighted by molar-refractivity contribution is 7.10. The van der Waals surface area contributed by atoms with Crippen LogP contribution in [0, 0.1) is 5.92 Å². The minimum Gasteiger partial charge on any atom is -0.383 e. The number of urea groups is 1. The average molecular weight is 314 g/mol. The Balaban J connectivity index is 2.27. The lowest BCUT2D eigenvalue weighted by molar-refractivity contribution is 0.0623. The molecule has 0 unspecified atom stereocenters. The van der Waals surface area contributed by atoms with Gasteiger partial charge in [-0.25, -0.2) is 4.79 Å². The fourth-order valence-electron chi connectivity index (χ4n) is 1.72. The second-order valence-electron chi connectivity index (χ2n) is 5.91. The molecule has 1 aromatic rings. The van der Waals surface area contributed by atoms with Crippen LogP contribution in [0.15, 0.2) is 17.5 Å². The van der Waals surface area contributed by atoms with Crippen LogP contribution in [0.25, 0.3) is 0 Å². The minimum atomic E-state index is -1.05. The minimum absolute atomic E-state index is 0.0737. The summed E-state index contributed by atoms with van der Waals surface area (Å²) < 4.78 is 5.47. The second kappa shape index (κ2) is 8.36. The Labute approximate surface area is 130 Å². The van der Waals surface area contributed by atoms with Gasteiger partial charge in [0.1, 0.15) is 5.60 Å². The maximum Gasteiger partial charge on any atom is 0.315 e. The molecule has 0 radical (unpaired) electrons. The van der Waals surface area contributed by atoms with Crippen LogP contribution >= 0.6 is 11.3 Å². The molecule has 6 heteroatoms. The molecule has 0 fully saturated rings. The summed E-state index contributed by atoms with van der Waals surface area (Å²) >= 11 is 1.47. The molecule has 0 bridgehead atoms. The Kier molecular flexibility index (Phi) is 7.14. The highest BCUT2D eigenvalue weighted by Gasteiger charge is 2.25. The molecule has 0 aliphatic heterocycles.